The molecule has 92 heavy (non-hydrogen) atoms. The first-order valence-electron chi connectivity index (χ1n) is 32.7. The first-order chi connectivity index (χ1) is 44.7. The number of sulfonamides is 1. The Morgan fingerprint density at radius 3 is 2.49 bits per heavy atom. The molecule has 3 N–H and O–H groups in total. The molecule has 24 nitrogen and oxygen atoms in total. The lowest BCUT2D eigenvalue weighted by Crippen LogP contribution is -2.60. The number of fused-ring (bicyclic) bond motifs is 5. The fourth-order valence-electron chi connectivity index (χ4n) is 16.1. The molecule has 6 aromatic rings. The SMILES string of the molecule is COc1c(N2CCOC[C@@H]2C)ncc2c1COC[C@@H]2N1CCN(C2CC3(CCN(c4ccc(C(=O)NS(=O)(=O)c5cc6c(c([N+](=O)[O-])c5)N[C@H](C5CCOCC5)CO6)c(N5c6cc7cc[nH]c7nc6O[C@H]6COCC[C@@H]65)c4)CC3)C2)[C@H](c2ccccc2OC(C)C)C1. The van der Waals surface area contributed by atoms with Crippen molar-refractivity contribution in [2.24, 2.45) is 11.3 Å². The number of aromatic amines is 1. The first kappa shape index (κ1) is 60.7. The Morgan fingerprint density at radius 1 is 0.870 bits per heavy atom. The van der Waals surface area contributed by atoms with E-state index in [1.807, 2.05) is 30.5 Å². The van der Waals surface area contributed by atoms with Gasteiger partial charge in [0.15, 0.2) is 23.0 Å². The minimum atomic E-state index is -4.74. The number of nitro groups is 1. The highest BCUT2D eigenvalue weighted by molar-refractivity contribution is 7.90. The van der Waals surface area contributed by atoms with Crippen LogP contribution in [0.4, 0.5) is 34.3 Å². The number of benzene rings is 3. The third-order valence-corrected chi connectivity index (χ3v) is 22.2. The zero-order valence-electron chi connectivity index (χ0n) is 52.6. The monoisotopic (exact) mass is 1280 g/mol. The van der Waals surface area contributed by atoms with Crippen molar-refractivity contribution in [1.82, 2.24) is 29.5 Å². The van der Waals surface area contributed by atoms with Gasteiger partial charge < -0.3 is 62.9 Å². The summed E-state index contributed by atoms with van der Waals surface area (Å²) >= 11 is 0. The number of piperazine rings is 1. The molecule has 5 saturated heterocycles. The van der Waals surface area contributed by atoms with Crippen molar-refractivity contribution in [3.63, 3.8) is 0 Å². The maximum absolute atomic E-state index is 15.0. The molecular formula is C67H81N11O13S. The number of methoxy groups -OCH3 is 1. The van der Waals surface area contributed by atoms with Crippen molar-refractivity contribution < 1.29 is 56.0 Å². The lowest BCUT2D eigenvalue weighted by molar-refractivity contribution is -0.384. The van der Waals surface area contributed by atoms with Gasteiger partial charge in [0.1, 0.15) is 29.8 Å². The van der Waals surface area contributed by atoms with Crippen LogP contribution < -0.4 is 43.7 Å². The van der Waals surface area contributed by atoms with E-state index in [-0.39, 0.29) is 77.9 Å². The number of rotatable bonds is 14. The third-order valence-electron chi connectivity index (χ3n) is 20.9. The average molecular weight is 1280 g/mol. The van der Waals surface area contributed by atoms with Gasteiger partial charge >= 0.3 is 0 Å². The number of carbonyl (C=O) groups is 1. The maximum atomic E-state index is 15.0. The van der Waals surface area contributed by atoms with E-state index in [4.69, 9.17) is 47.9 Å². The number of para-hydroxylation sites is 1. The van der Waals surface area contributed by atoms with Crippen molar-refractivity contribution in [2.75, 3.05) is 119 Å². The molecule has 8 aliphatic heterocycles. The van der Waals surface area contributed by atoms with Gasteiger partial charge in [-0.05, 0) is 119 Å². The number of hydrogen-bond acceptors (Lipinski definition) is 21. The third kappa shape index (κ3) is 11.3. The fourth-order valence-corrected chi connectivity index (χ4v) is 17.1. The molecule has 11 heterocycles. The van der Waals surface area contributed by atoms with Gasteiger partial charge in [0.2, 0.25) is 5.88 Å². The Bertz CT molecular complexity index is 3890. The highest BCUT2D eigenvalue weighted by atomic mass is 32.2. The van der Waals surface area contributed by atoms with E-state index >= 15 is 4.79 Å². The number of aromatic nitrogens is 3. The molecule has 0 unspecified atom stereocenters. The molecule has 1 aliphatic carbocycles. The molecule has 3 aromatic heterocycles. The molecule has 25 heteroatoms. The van der Waals surface area contributed by atoms with E-state index in [1.54, 1.807) is 13.2 Å². The summed E-state index contributed by atoms with van der Waals surface area (Å²) in [6.07, 6.45) is 9.53. The highest BCUT2D eigenvalue weighted by Crippen LogP contribution is 2.55. The van der Waals surface area contributed by atoms with Crippen molar-refractivity contribution in [3.05, 3.63) is 111 Å². The standard InChI is InChI=1S/C67H81N11O13S/c1-40(2)90-58-8-6-5-7-47(58)56-34-74(57-38-88-36-50-49(57)33-69-64(62(50)84-4)75-22-26-87-35-41(75)3)20-21-76(56)45-31-67(32-45)15-18-73(19-16-67)44-9-10-48(53(28-44)77-52-14-25-86-39-60(52)91-66-55(77)27-43-11-17-68-63(43)71-66)65(79)72-92(82,83)46-29-54(78(80)81)61-59(30-46)89-37-51(70-61)42-12-23-85-24-13-42/h5-11,17,27-30,33,40-42,45,51-52,56-57,60,70H,12-16,18-26,31-32,34-39H2,1-4H3,(H,68,71)(H,72,79)/t41-,51-,52-,56-,57-,60-/m0/s1. The van der Waals surface area contributed by atoms with Gasteiger partial charge in [0.25, 0.3) is 21.6 Å². The van der Waals surface area contributed by atoms with Gasteiger partial charge in [-0.3, -0.25) is 24.7 Å². The second-order valence-corrected chi connectivity index (χ2v) is 28.3. The van der Waals surface area contributed by atoms with Crippen molar-refractivity contribution >= 4 is 61.2 Å². The predicted molar refractivity (Wildman–Crippen MR) is 343 cm³/mol. The van der Waals surface area contributed by atoms with Gasteiger partial charge in [0, 0.05) is 112 Å². The zero-order valence-corrected chi connectivity index (χ0v) is 53.4. The van der Waals surface area contributed by atoms with E-state index < -0.39 is 37.5 Å². The van der Waals surface area contributed by atoms with Crippen LogP contribution in [0.15, 0.2) is 84.0 Å². The number of anilines is 5. The topological polar surface area (TPSA) is 250 Å². The summed E-state index contributed by atoms with van der Waals surface area (Å²) < 4.78 is 80.6. The normalized spacial score (nSPS) is 25.3. The minimum Gasteiger partial charge on any atom is -0.492 e. The van der Waals surface area contributed by atoms with Gasteiger partial charge in [-0.15, -0.1) is 0 Å². The number of morpholine rings is 1. The van der Waals surface area contributed by atoms with Crippen LogP contribution in [-0.2, 0) is 35.6 Å². The first-order valence-corrected chi connectivity index (χ1v) is 34.2. The lowest BCUT2D eigenvalue weighted by Gasteiger charge is -2.58. The largest absolute Gasteiger partial charge is 0.492 e. The number of carbonyl (C=O) groups excluding carboxylic acids is 1. The van der Waals surface area contributed by atoms with E-state index in [2.05, 4.69) is 90.8 Å². The van der Waals surface area contributed by atoms with Gasteiger partial charge in [0.05, 0.1) is 97.5 Å². The van der Waals surface area contributed by atoms with Crippen molar-refractivity contribution in [2.45, 2.75) is 126 Å². The zero-order chi connectivity index (χ0) is 63.0. The summed E-state index contributed by atoms with van der Waals surface area (Å²) in [4.78, 5) is 51.9. The van der Waals surface area contributed by atoms with E-state index in [0.717, 1.165) is 123 Å². The van der Waals surface area contributed by atoms with Crippen LogP contribution in [0.3, 0.4) is 0 Å². The predicted octanol–water partition coefficient (Wildman–Crippen LogP) is 8.67. The summed E-state index contributed by atoms with van der Waals surface area (Å²) in [7, 11) is -3.00. The summed E-state index contributed by atoms with van der Waals surface area (Å²) in [6.45, 7) is 15.5. The van der Waals surface area contributed by atoms with Crippen molar-refractivity contribution in [3.8, 4) is 23.1 Å². The second kappa shape index (κ2) is 24.7. The summed E-state index contributed by atoms with van der Waals surface area (Å²) in [5.41, 5.74) is 5.88. The molecule has 1 spiro atoms. The molecule has 6 fully saturated rings. The Morgan fingerprint density at radius 2 is 1.68 bits per heavy atom. The number of amides is 1. The smallest absolute Gasteiger partial charge is 0.297 e. The number of ether oxygens (including phenoxy) is 8. The van der Waals surface area contributed by atoms with Crippen LogP contribution >= 0.6 is 0 Å². The average Bonchev–Trinajstić information content (AvgIpc) is 0.912. The van der Waals surface area contributed by atoms with Crippen molar-refractivity contribution in [1.29, 1.82) is 0 Å². The molecule has 1 saturated carbocycles. The number of pyridine rings is 2. The Hall–Kier alpha value is -7.52. The molecule has 0 bridgehead atoms. The molecule has 9 aliphatic rings. The van der Waals surface area contributed by atoms with E-state index in [0.29, 0.717) is 81.6 Å². The van der Waals surface area contributed by atoms with Gasteiger partial charge in [-0.25, -0.2) is 18.1 Å². The molecular weight excluding hydrogens is 1200 g/mol. The van der Waals surface area contributed by atoms with Gasteiger partial charge in [-0.1, -0.05) is 18.2 Å². The molecule has 15 rings (SSSR count). The molecule has 488 valence electrons. The maximum Gasteiger partial charge on any atom is 0.297 e. The number of hydrogen-bond donors (Lipinski definition) is 3. The Labute approximate surface area is 535 Å². The van der Waals surface area contributed by atoms with Crippen LogP contribution in [-0.4, -0.2) is 180 Å². The lowest BCUT2D eigenvalue weighted by atomic mass is 9.59. The van der Waals surface area contributed by atoms with Crippen LogP contribution in [0.2, 0.25) is 0 Å². The quantitative estimate of drug-likeness (QED) is 0.0681. The summed E-state index contributed by atoms with van der Waals surface area (Å²) in [5, 5.41) is 16.8. The number of nitrogens with zero attached hydrogens (tertiary/aromatic N) is 8. The van der Waals surface area contributed by atoms with E-state index in [9.17, 15) is 18.5 Å². The number of nitro benzene ring substituents is 1. The molecule has 0 radical (unpaired) electrons. The van der Waals surface area contributed by atoms with Crippen LogP contribution in [0.25, 0.3) is 11.0 Å². The van der Waals surface area contributed by atoms with Crippen LogP contribution in [0, 0.1) is 21.4 Å². The van der Waals surface area contributed by atoms with Crippen LogP contribution in [0.1, 0.15) is 105 Å². The highest BCUT2D eigenvalue weighted by Gasteiger charge is 2.51. The minimum absolute atomic E-state index is 0.00202. The van der Waals surface area contributed by atoms with Crippen LogP contribution in [0.5, 0.6) is 23.1 Å². The Kier molecular flexibility index (Phi) is 16.3. The summed E-state index contributed by atoms with van der Waals surface area (Å²) in [5.74, 6) is 2.15. The Balaban J connectivity index is 0.696. The fraction of sp³-hybridized carbons (Fsp3) is 0.537. The molecule has 3 aromatic carbocycles. The molecule has 6 atom stereocenters. The molecule has 1 amide bonds. The number of piperidine rings is 1. The van der Waals surface area contributed by atoms with Gasteiger partial charge in [-0.2, -0.15) is 4.98 Å². The summed E-state index contributed by atoms with van der Waals surface area (Å²) in [6, 6.07) is 20.3. The second-order valence-electron chi connectivity index (χ2n) is 26.6. The van der Waals surface area contributed by atoms with E-state index in [1.165, 1.54) is 11.6 Å². The number of H-pyrrole nitrogens is 1. The number of nitrogens with one attached hydrogen (secondary N) is 3.